The van der Waals surface area contributed by atoms with Gasteiger partial charge in [-0.2, -0.15) is 0 Å². The Labute approximate surface area is 150 Å². The standard InChI is InChI=1S/C15H25N3O2S.HI/c1-12-8-6-7-9-13(12)10-17-14(16-4)18-11-15(2,3)21(5,19)20;/h6-9H,10-11H2,1-5H3,(H2,16,17,18);1H. The molecule has 0 radical (unpaired) electrons. The molecule has 0 fully saturated rings. The highest BCUT2D eigenvalue weighted by molar-refractivity contribution is 14.0. The van der Waals surface area contributed by atoms with Gasteiger partial charge in [0, 0.05) is 26.4 Å². The molecule has 0 saturated carbocycles. The zero-order valence-electron chi connectivity index (χ0n) is 13.8. The third-order valence-corrected chi connectivity index (χ3v) is 5.77. The molecule has 0 aliphatic heterocycles. The normalized spacial score (nSPS) is 12.5. The summed E-state index contributed by atoms with van der Waals surface area (Å²) in [6, 6.07) is 8.10. The topological polar surface area (TPSA) is 70.6 Å². The third kappa shape index (κ3) is 6.12. The van der Waals surface area contributed by atoms with Crippen molar-refractivity contribution in [3.8, 4) is 0 Å². The number of nitrogens with one attached hydrogen (secondary N) is 2. The molecule has 22 heavy (non-hydrogen) atoms. The number of nitrogens with zero attached hydrogens (tertiary/aromatic N) is 1. The highest BCUT2D eigenvalue weighted by atomic mass is 127. The number of hydrogen-bond donors (Lipinski definition) is 2. The number of benzene rings is 1. The number of guanidine groups is 1. The van der Waals surface area contributed by atoms with Gasteiger partial charge in [0.15, 0.2) is 15.8 Å². The first-order valence-electron chi connectivity index (χ1n) is 6.86. The van der Waals surface area contributed by atoms with E-state index in [0.29, 0.717) is 19.0 Å². The SMILES string of the molecule is CN=C(NCc1ccccc1C)NCC(C)(C)S(C)(=O)=O.I. The van der Waals surface area contributed by atoms with Gasteiger partial charge >= 0.3 is 0 Å². The van der Waals surface area contributed by atoms with E-state index in [9.17, 15) is 8.42 Å². The van der Waals surface area contributed by atoms with Crippen LogP contribution >= 0.6 is 24.0 Å². The fourth-order valence-corrected chi connectivity index (χ4v) is 1.97. The van der Waals surface area contributed by atoms with Crippen molar-refractivity contribution in [2.45, 2.75) is 32.1 Å². The molecule has 0 amide bonds. The van der Waals surface area contributed by atoms with Crippen LogP contribution in [0.15, 0.2) is 29.3 Å². The lowest BCUT2D eigenvalue weighted by Crippen LogP contribution is -2.47. The van der Waals surface area contributed by atoms with Crippen LogP contribution in [0.2, 0.25) is 0 Å². The van der Waals surface area contributed by atoms with Crippen molar-refractivity contribution in [1.29, 1.82) is 0 Å². The van der Waals surface area contributed by atoms with E-state index < -0.39 is 14.6 Å². The number of hydrogen-bond acceptors (Lipinski definition) is 3. The number of aliphatic imine (C=N–C) groups is 1. The zero-order chi connectivity index (χ0) is 16.1. The van der Waals surface area contributed by atoms with E-state index in [1.165, 1.54) is 17.4 Å². The highest BCUT2D eigenvalue weighted by Crippen LogP contribution is 2.13. The molecule has 0 atom stereocenters. The maximum atomic E-state index is 11.7. The lowest BCUT2D eigenvalue weighted by molar-refractivity contribution is 0.544. The Kier molecular flexibility index (Phi) is 8.38. The van der Waals surface area contributed by atoms with E-state index in [4.69, 9.17) is 0 Å². The van der Waals surface area contributed by atoms with E-state index in [2.05, 4.69) is 34.7 Å². The van der Waals surface area contributed by atoms with Crippen LogP contribution < -0.4 is 10.6 Å². The van der Waals surface area contributed by atoms with Crippen LogP contribution in [0.25, 0.3) is 0 Å². The van der Waals surface area contributed by atoms with E-state index in [0.717, 1.165) is 0 Å². The minimum atomic E-state index is -3.13. The van der Waals surface area contributed by atoms with Gasteiger partial charge in [0.2, 0.25) is 0 Å². The maximum Gasteiger partial charge on any atom is 0.191 e. The predicted octanol–water partition coefficient (Wildman–Crippen LogP) is 2.10. The van der Waals surface area contributed by atoms with Crippen molar-refractivity contribution in [3.05, 3.63) is 35.4 Å². The molecule has 0 aliphatic rings. The Morgan fingerprint density at radius 3 is 2.32 bits per heavy atom. The number of halogens is 1. The van der Waals surface area contributed by atoms with Gasteiger partial charge < -0.3 is 10.6 Å². The van der Waals surface area contributed by atoms with E-state index >= 15 is 0 Å². The first-order chi connectivity index (χ1) is 9.67. The van der Waals surface area contributed by atoms with Crippen LogP contribution in [0.1, 0.15) is 25.0 Å². The zero-order valence-corrected chi connectivity index (χ0v) is 17.0. The molecule has 1 rings (SSSR count). The summed E-state index contributed by atoms with van der Waals surface area (Å²) in [7, 11) is -1.46. The van der Waals surface area contributed by atoms with Crippen molar-refractivity contribution in [2.24, 2.45) is 4.99 Å². The summed E-state index contributed by atoms with van der Waals surface area (Å²) in [6.07, 6.45) is 1.25. The quantitative estimate of drug-likeness (QED) is 0.419. The van der Waals surface area contributed by atoms with Crippen LogP contribution in [0.4, 0.5) is 0 Å². The Morgan fingerprint density at radius 1 is 1.23 bits per heavy atom. The van der Waals surface area contributed by atoms with Crippen molar-refractivity contribution in [2.75, 3.05) is 19.8 Å². The molecule has 0 bridgehead atoms. The smallest absolute Gasteiger partial charge is 0.191 e. The van der Waals surface area contributed by atoms with Crippen LogP contribution in [0.5, 0.6) is 0 Å². The largest absolute Gasteiger partial charge is 0.355 e. The van der Waals surface area contributed by atoms with Crippen LogP contribution in [0.3, 0.4) is 0 Å². The molecule has 0 spiro atoms. The first-order valence-corrected chi connectivity index (χ1v) is 8.75. The molecule has 0 heterocycles. The summed E-state index contributed by atoms with van der Waals surface area (Å²) in [5.74, 6) is 0.593. The van der Waals surface area contributed by atoms with Gasteiger partial charge in [-0.15, -0.1) is 24.0 Å². The van der Waals surface area contributed by atoms with Crippen molar-refractivity contribution >= 4 is 39.8 Å². The lowest BCUT2D eigenvalue weighted by Gasteiger charge is -2.24. The molecular formula is C15H26IN3O2S. The van der Waals surface area contributed by atoms with E-state index in [-0.39, 0.29) is 24.0 Å². The molecule has 0 unspecified atom stereocenters. The summed E-state index contributed by atoms with van der Waals surface area (Å²) < 4.78 is 22.5. The fourth-order valence-electron chi connectivity index (χ4n) is 1.64. The number of sulfone groups is 1. The molecule has 1 aromatic rings. The van der Waals surface area contributed by atoms with Crippen LogP contribution in [-0.2, 0) is 16.4 Å². The van der Waals surface area contributed by atoms with Gasteiger partial charge in [-0.1, -0.05) is 24.3 Å². The van der Waals surface area contributed by atoms with Crippen LogP contribution in [0, 0.1) is 6.92 Å². The number of aryl methyl sites for hydroxylation is 1. The van der Waals surface area contributed by atoms with Gasteiger partial charge in [-0.05, 0) is 31.9 Å². The fraction of sp³-hybridized carbons (Fsp3) is 0.533. The first kappa shape index (κ1) is 21.2. The molecule has 0 aromatic heterocycles. The van der Waals surface area contributed by atoms with Crippen molar-refractivity contribution in [3.63, 3.8) is 0 Å². The molecular weight excluding hydrogens is 413 g/mol. The molecule has 7 heteroatoms. The summed E-state index contributed by atoms with van der Waals surface area (Å²) in [5, 5.41) is 6.26. The summed E-state index contributed by atoms with van der Waals surface area (Å²) >= 11 is 0. The van der Waals surface area contributed by atoms with Crippen molar-refractivity contribution in [1.82, 2.24) is 10.6 Å². The average Bonchev–Trinajstić information content (AvgIpc) is 2.39. The molecule has 0 aliphatic carbocycles. The van der Waals surface area contributed by atoms with Crippen molar-refractivity contribution < 1.29 is 8.42 Å². The van der Waals surface area contributed by atoms with Gasteiger partial charge in [-0.3, -0.25) is 4.99 Å². The molecule has 0 saturated heterocycles. The summed E-state index contributed by atoms with van der Waals surface area (Å²) in [6.45, 7) is 6.40. The minimum Gasteiger partial charge on any atom is -0.355 e. The molecule has 126 valence electrons. The second-order valence-electron chi connectivity index (χ2n) is 5.74. The molecule has 5 nitrogen and oxygen atoms in total. The molecule has 1 aromatic carbocycles. The van der Waals surface area contributed by atoms with Gasteiger partial charge in [0.05, 0.1) is 4.75 Å². The van der Waals surface area contributed by atoms with E-state index in [1.807, 2.05) is 12.1 Å². The van der Waals surface area contributed by atoms with Gasteiger partial charge in [0.25, 0.3) is 0 Å². The van der Waals surface area contributed by atoms with Gasteiger partial charge in [0.1, 0.15) is 0 Å². The Hall–Kier alpha value is -0.830. The second kappa shape index (κ2) is 8.71. The third-order valence-electron chi connectivity index (χ3n) is 3.62. The summed E-state index contributed by atoms with van der Waals surface area (Å²) in [4.78, 5) is 4.12. The predicted molar refractivity (Wildman–Crippen MR) is 104 cm³/mol. The second-order valence-corrected chi connectivity index (χ2v) is 8.39. The van der Waals surface area contributed by atoms with E-state index in [1.54, 1.807) is 20.9 Å². The maximum absolute atomic E-state index is 11.7. The minimum absolute atomic E-state index is 0. The Morgan fingerprint density at radius 2 is 1.82 bits per heavy atom. The molecule has 2 N–H and O–H groups in total. The highest BCUT2D eigenvalue weighted by Gasteiger charge is 2.30. The monoisotopic (exact) mass is 439 g/mol. The summed E-state index contributed by atoms with van der Waals surface area (Å²) in [5.41, 5.74) is 2.39. The lowest BCUT2D eigenvalue weighted by atomic mass is 10.1. The average molecular weight is 439 g/mol. The van der Waals surface area contributed by atoms with Gasteiger partial charge in [-0.25, -0.2) is 8.42 Å². The number of rotatable bonds is 5. The Bertz CT molecular complexity index is 613. The Balaban J connectivity index is 0.00000441. The van der Waals surface area contributed by atoms with Crippen LogP contribution in [-0.4, -0.2) is 39.0 Å².